The van der Waals surface area contributed by atoms with Gasteiger partial charge in [-0.1, -0.05) is 104 Å². The van der Waals surface area contributed by atoms with E-state index in [0.29, 0.717) is 28.5 Å². The molecule has 3 aromatic carbocycles. The second-order valence-electron chi connectivity index (χ2n) is 10.7. The fourth-order valence-electron chi connectivity index (χ4n) is 4.45. The number of aryl methyl sites for hydroxylation is 1. The van der Waals surface area contributed by atoms with Crippen LogP contribution in [0.4, 0.5) is 8.78 Å². The molecule has 0 saturated carbocycles. The number of hydrogen-bond acceptors (Lipinski definition) is 4. The fraction of sp³-hybridized carbons (Fsp3) is 0.333. The lowest BCUT2D eigenvalue weighted by Gasteiger charge is -2.27. The Bertz CT molecular complexity index is 1440. The number of amides is 3. The molecule has 0 fully saturated rings. The summed E-state index contributed by atoms with van der Waals surface area (Å²) >= 11 is 12.0. The number of rotatable bonds is 15. The number of halogens is 4. The summed E-state index contributed by atoms with van der Waals surface area (Å²) in [7, 11) is 0. The van der Waals surface area contributed by atoms with Gasteiger partial charge in [0, 0.05) is 19.4 Å². The van der Waals surface area contributed by atoms with Crippen molar-refractivity contribution in [2.75, 3.05) is 6.54 Å². The monoisotopic (exact) mass is 645 g/mol. The van der Waals surface area contributed by atoms with Gasteiger partial charge >= 0.3 is 5.92 Å². The van der Waals surface area contributed by atoms with Gasteiger partial charge in [0.2, 0.25) is 17.6 Å². The van der Waals surface area contributed by atoms with Gasteiger partial charge in [0.15, 0.2) is 0 Å². The van der Waals surface area contributed by atoms with Crippen LogP contribution >= 0.6 is 23.2 Å². The molecule has 0 aromatic heterocycles. The Balaban J connectivity index is 1.69. The summed E-state index contributed by atoms with van der Waals surface area (Å²) in [6.45, 7) is 2.86. The number of nitrogens with one attached hydrogen (secondary N) is 3. The van der Waals surface area contributed by atoms with Crippen molar-refractivity contribution in [3.8, 4) is 0 Å². The number of carbonyl (C=O) groups excluding carboxylic acids is 4. The van der Waals surface area contributed by atoms with Gasteiger partial charge in [-0.05, 0) is 47.6 Å². The highest BCUT2D eigenvalue weighted by Crippen LogP contribution is 2.23. The average Bonchev–Trinajstić information content (AvgIpc) is 3.00. The molecule has 0 saturated heterocycles. The van der Waals surface area contributed by atoms with Crippen LogP contribution in [0.5, 0.6) is 0 Å². The molecule has 0 radical (unpaired) electrons. The van der Waals surface area contributed by atoms with Crippen LogP contribution in [0.25, 0.3) is 0 Å². The van der Waals surface area contributed by atoms with E-state index in [1.165, 1.54) is 13.8 Å². The van der Waals surface area contributed by atoms with E-state index < -0.39 is 47.4 Å². The van der Waals surface area contributed by atoms with Gasteiger partial charge in [-0.25, -0.2) is 0 Å². The third kappa shape index (κ3) is 10.1. The van der Waals surface area contributed by atoms with Crippen molar-refractivity contribution in [2.45, 2.75) is 57.5 Å². The van der Waals surface area contributed by atoms with Crippen molar-refractivity contribution < 1.29 is 28.0 Å². The summed E-state index contributed by atoms with van der Waals surface area (Å²) < 4.78 is 30.1. The summed E-state index contributed by atoms with van der Waals surface area (Å²) in [5.74, 6) is -9.95. The van der Waals surface area contributed by atoms with Gasteiger partial charge in [0.25, 0.3) is 5.91 Å². The highest BCUT2D eigenvalue weighted by Gasteiger charge is 2.51. The SMILES string of the molecule is CC(C)[C@H](NC(=O)[C@H](Cc1ccccc1)NC(=O)CCc1ccc(Cl)c(Cl)c1)C(=O)C(F)(F)C(=O)NCCc1ccccc1. The second kappa shape index (κ2) is 16.3. The zero-order valence-electron chi connectivity index (χ0n) is 24.4. The molecular weight excluding hydrogens is 611 g/mol. The number of benzene rings is 3. The minimum absolute atomic E-state index is 0.00426. The standard InChI is InChI=1S/C33H35Cl2F2N3O4/c1-21(2)29(30(42)33(36,37)32(44)38-18-17-22-9-5-3-6-10-22)40-31(43)27(20-23-11-7-4-8-12-23)39-28(41)16-14-24-13-15-25(34)26(35)19-24/h3-13,15,19,21,27,29H,14,16-18,20H2,1-2H3,(H,38,44)(H,39,41)(H,40,43)/t27-,29-/m0/s1. The van der Waals surface area contributed by atoms with E-state index in [1.54, 1.807) is 72.8 Å². The second-order valence-corrected chi connectivity index (χ2v) is 11.5. The van der Waals surface area contributed by atoms with E-state index >= 15 is 8.78 Å². The van der Waals surface area contributed by atoms with Crippen LogP contribution in [0.2, 0.25) is 10.0 Å². The van der Waals surface area contributed by atoms with Crippen LogP contribution < -0.4 is 16.0 Å². The number of alkyl halides is 2. The lowest BCUT2D eigenvalue weighted by Crippen LogP contribution is -2.59. The largest absolute Gasteiger partial charge is 0.383 e. The van der Waals surface area contributed by atoms with Crippen molar-refractivity contribution in [2.24, 2.45) is 5.92 Å². The molecule has 0 heterocycles. The molecule has 0 bridgehead atoms. The predicted octanol–water partition coefficient (Wildman–Crippen LogP) is 5.36. The Labute approximate surface area is 265 Å². The van der Waals surface area contributed by atoms with Gasteiger partial charge in [-0.2, -0.15) is 8.78 Å². The summed E-state index contributed by atoms with van der Waals surface area (Å²) in [4.78, 5) is 51.7. The minimum atomic E-state index is -4.39. The van der Waals surface area contributed by atoms with Gasteiger partial charge in [-0.15, -0.1) is 0 Å². The first-order chi connectivity index (χ1) is 20.9. The first kappa shape index (κ1) is 34.7. The van der Waals surface area contributed by atoms with Gasteiger partial charge < -0.3 is 16.0 Å². The summed E-state index contributed by atoms with van der Waals surface area (Å²) in [6.07, 6.45) is 0.652. The minimum Gasteiger partial charge on any atom is -0.350 e. The molecule has 11 heteroatoms. The van der Waals surface area contributed by atoms with Crippen LogP contribution in [-0.4, -0.2) is 48.1 Å². The van der Waals surface area contributed by atoms with Gasteiger partial charge in [0.05, 0.1) is 16.1 Å². The smallest absolute Gasteiger partial charge is 0.350 e. The molecule has 0 aliphatic heterocycles. The summed E-state index contributed by atoms with van der Waals surface area (Å²) in [5, 5.41) is 7.88. The molecule has 0 aliphatic carbocycles. The van der Waals surface area contributed by atoms with Crippen LogP contribution in [0.1, 0.15) is 37.0 Å². The van der Waals surface area contributed by atoms with Gasteiger partial charge in [-0.3, -0.25) is 19.2 Å². The number of hydrogen-bond donors (Lipinski definition) is 3. The average molecular weight is 647 g/mol. The molecule has 3 rings (SSSR count). The van der Waals surface area contributed by atoms with E-state index in [2.05, 4.69) is 16.0 Å². The molecule has 3 amide bonds. The van der Waals surface area contributed by atoms with E-state index in [0.717, 1.165) is 11.1 Å². The van der Waals surface area contributed by atoms with Crippen molar-refractivity contribution in [1.82, 2.24) is 16.0 Å². The maximum absolute atomic E-state index is 15.1. The third-order valence-corrected chi connectivity index (χ3v) is 7.68. The Morgan fingerprint density at radius 2 is 1.39 bits per heavy atom. The van der Waals surface area contributed by atoms with E-state index in [9.17, 15) is 19.2 Å². The van der Waals surface area contributed by atoms with Crippen LogP contribution in [0.3, 0.4) is 0 Å². The molecule has 7 nitrogen and oxygen atoms in total. The van der Waals surface area contributed by atoms with Crippen LogP contribution in [0.15, 0.2) is 78.9 Å². The van der Waals surface area contributed by atoms with Crippen molar-refractivity contribution in [3.05, 3.63) is 106 Å². The first-order valence-electron chi connectivity index (χ1n) is 14.2. The molecule has 0 aliphatic rings. The van der Waals surface area contributed by atoms with E-state index in [4.69, 9.17) is 23.2 Å². The van der Waals surface area contributed by atoms with E-state index in [1.807, 2.05) is 6.07 Å². The number of ketones is 1. The molecular formula is C33H35Cl2F2N3O4. The number of Topliss-reactive ketones (excluding diaryl/α,β-unsaturated/α-hetero) is 1. The predicted molar refractivity (Wildman–Crippen MR) is 167 cm³/mol. The van der Waals surface area contributed by atoms with Crippen LogP contribution in [-0.2, 0) is 38.4 Å². The molecule has 2 atom stereocenters. The fourth-order valence-corrected chi connectivity index (χ4v) is 4.77. The van der Waals surface area contributed by atoms with Crippen molar-refractivity contribution in [1.29, 1.82) is 0 Å². The normalized spacial score (nSPS) is 12.7. The number of carbonyl (C=O) groups is 4. The Hall–Kier alpha value is -3.82. The lowest BCUT2D eigenvalue weighted by atomic mass is 9.94. The maximum atomic E-state index is 15.1. The highest BCUT2D eigenvalue weighted by molar-refractivity contribution is 6.42. The molecule has 3 N–H and O–H groups in total. The lowest BCUT2D eigenvalue weighted by molar-refractivity contribution is -0.161. The molecule has 3 aromatic rings. The Morgan fingerprint density at radius 1 is 0.773 bits per heavy atom. The molecule has 234 valence electrons. The molecule has 0 spiro atoms. The third-order valence-electron chi connectivity index (χ3n) is 6.94. The topological polar surface area (TPSA) is 104 Å². The van der Waals surface area contributed by atoms with Crippen LogP contribution in [0, 0.1) is 5.92 Å². The molecule has 44 heavy (non-hydrogen) atoms. The summed E-state index contributed by atoms with van der Waals surface area (Å²) in [6, 6.07) is 19.9. The Morgan fingerprint density at radius 3 is 1.98 bits per heavy atom. The zero-order valence-corrected chi connectivity index (χ0v) is 25.9. The zero-order chi connectivity index (χ0) is 32.3. The first-order valence-corrected chi connectivity index (χ1v) is 15.0. The van der Waals surface area contributed by atoms with Crippen molar-refractivity contribution >= 4 is 46.7 Å². The highest BCUT2D eigenvalue weighted by atomic mass is 35.5. The molecule has 0 unspecified atom stereocenters. The van der Waals surface area contributed by atoms with Crippen molar-refractivity contribution in [3.63, 3.8) is 0 Å². The Kier molecular flexibility index (Phi) is 12.8. The maximum Gasteiger partial charge on any atom is 0.383 e. The summed E-state index contributed by atoms with van der Waals surface area (Å²) in [5.41, 5.74) is 2.29. The van der Waals surface area contributed by atoms with Gasteiger partial charge in [0.1, 0.15) is 6.04 Å². The quantitative estimate of drug-likeness (QED) is 0.194. The van der Waals surface area contributed by atoms with E-state index in [-0.39, 0.29) is 19.4 Å².